The molecule has 1 aromatic rings. The minimum Gasteiger partial charge on any atom is -0.398 e. The molecule has 0 aliphatic carbocycles. The van der Waals surface area contributed by atoms with Crippen LogP contribution in [0.5, 0.6) is 0 Å². The lowest BCUT2D eigenvalue weighted by molar-refractivity contribution is 0.100. The van der Waals surface area contributed by atoms with Gasteiger partial charge in [-0.2, -0.15) is 0 Å². The Morgan fingerprint density at radius 2 is 2.14 bits per heavy atom. The van der Waals surface area contributed by atoms with Crippen molar-refractivity contribution < 1.29 is 13.6 Å². The van der Waals surface area contributed by atoms with Crippen molar-refractivity contribution in [1.29, 1.82) is 0 Å². The van der Waals surface area contributed by atoms with Crippen molar-refractivity contribution in [2.24, 2.45) is 5.73 Å². The molecule has 1 heterocycles. The number of hydrogen-bond acceptors (Lipinski definition) is 3. The summed E-state index contributed by atoms with van der Waals surface area (Å²) in [6, 6.07) is 0. The maximum Gasteiger partial charge on any atom is 0.267 e. The van der Waals surface area contributed by atoms with Gasteiger partial charge in [0.25, 0.3) is 12.3 Å². The van der Waals surface area contributed by atoms with E-state index in [0.717, 1.165) is 6.20 Å². The Hall–Kier alpha value is -1.43. The number of primary amides is 1. The molecule has 0 spiro atoms. The first-order valence-corrected chi connectivity index (χ1v) is 3.84. The molecule has 0 bridgehead atoms. The molecular formula is C7H6ClF2N3O. The highest BCUT2D eigenvalue weighted by molar-refractivity contribution is 6.33. The number of nitrogens with zero attached hydrogens (tertiary/aromatic N) is 1. The largest absolute Gasteiger partial charge is 0.398 e. The first kappa shape index (κ1) is 10.6. The van der Waals surface area contributed by atoms with Gasteiger partial charge in [0.2, 0.25) is 0 Å². The smallest absolute Gasteiger partial charge is 0.267 e. The molecule has 14 heavy (non-hydrogen) atoms. The first-order chi connectivity index (χ1) is 6.45. The molecule has 0 aliphatic rings. The van der Waals surface area contributed by atoms with Crippen molar-refractivity contribution in [2.75, 3.05) is 5.73 Å². The maximum atomic E-state index is 12.3. The van der Waals surface area contributed by atoms with E-state index in [1.807, 2.05) is 0 Å². The van der Waals surface area contributed by atoms with E-state index in [0.29, 0.717) is 0 Å². The van der Waals surface area contributed by atoms with Crippen LogP contribution in [-0.4, -0.2) is 10.9 Å². The second-order valence-corrected chi connectivity index (χ2v) is 2.82. The van der Waals surface area contributed by atoms with Crippen molar-refractivity contribution in [3.63, 3.8) is 0 Å². The zero-order valence-electron chi connectivity index (χ0n) is 6.80. The van der Waals surface area contributed by atoms with Gasteiger partial charge in [0, 0.05) is 6.20 Å². The average molecular weight is 222 g/mol. The predicted molar refractivity (Wildman–Crippen MR) is 47.1 cm³/mol. The number of nitrogens with two attached hydrogens (primary N) is 2. The fourth-order valence-corrected chi connectivity index (χ4v) is 1.17. The molecule has 1 rings (SSSR count). The topological polar surface area (TPSA) is 82.0 Å². The van der Waals surface area contributed by atoms with E-state index >= 15 is 0 Å². The van der Waals surface area contributed by atoms with E-state index in [-0.39, 0.29) is 10.7 Å². The van der Waals surface area contributed by atoms with E-state index in [9.17, 15) is 13.6 Å². The van der Waals surface area contributed by atoms with Gasteiger partial charge in [0.05, 0.1) is 16.8 Å². The molecule has 4 nitrogen and oxygen atoms in total. The standard InChI is InChI=1S/C7H6ClF2N3O/c8-5-3(7(12)14)4(11)2(1-13-5)6(9)10/h1,6H,(H2,11,13)(H2,12,14). The summed E-state index contributed by atoms with van der Waals surface area (Å²) in [7, 11) is 0. The highest BCUT2D eigenvalue weighted by Crippen LogP contribution is 2.29. The van der Waals surface area contributed by atoms with Gasteiger partial charge in [0.1, 0.15) is 5.15 Å². The fraction of sp³-hybridized carbons (Fsp3) is 0.143. The van der Waals surface area contributed by atoms with Gasteiger partial charge in [0.15, 0.2) is 0 Å². The second-order valence-electron chi connectivity index (χ2n) is 2.46. The molecule has 0 saturated heterocycles. The third-order valence-corrected chi connectivity index (χ3v) is 1.87. The minimum absolute atomic E-state index is 0.278. The Morgan fingerprint density at radius 1 is 1.57 bits per heavy atom. The van der Waals surface area contributed by atoms with Gasteiger partial charge in [-0.25, -0.2) is 13.8 Å². The number of pyridine rings is 1. The fourth-order valence-electron chi connectivity index (χ4n) is 0.924. The molecule has 7 heteroatoms. The Bertz CT molecular complexity index is 383. The quantitative estimate of drug-likeness (QED) is 0.740. The molecule has 0 saturated carbocycles. The predicted octanol–water partition coefficient (Wildman–Crippen LogP) is 1.35. The summed E-state index contributed by atoms with van der Waals surface area (Å²) >= 11 is 5.46. The van der Waals surface area contributed by atoms with E-state index in [1.54, 1.807) is 0 Å². The maximum absolute atomic E-state index is 12.3. The number of anilines is 1. The molecule has 0 aromatic carbocycles. The lowest BCUT2D eigenvalue weighted by Gasteiger charge is -2.08. The zero-order chi connectivity index (χ0) is 10.9. The highest BCUT2D eigenvalue weighted by Gasteiger charge is 2.20. The summed E-state index contributed by atoms with van der Waals surface area (Å²) < 4.78 is 24.6. The van der Waals surface area contributed by atoms with E-state index in [2.05, 4.69) is 4.98 Å². The SMILES string of the molecule is NC(=O)c1c(Cl)ncc(C(F)F)c1N. The summed E-state index contributed by atoms with van der Waals surface area (Å²) in [6.45, 7) is 0. The summed E-state index contributed by atoms with van der Waals surface area (Å²) in [5.41, 5.74) is 8.83. The van der Waals surface area contributed by atoms with Gasteiger partial charge in [-0.15, -0.1) is 0 Å². The number of halogens is 3. The Kier molecular flexibility index (Phi) is 2.85. The molecule has 0 radical (unpaired) electrons. The summed E-state index contributed by atoms with van der Waals surface area (Å²) in [5.74, 6) is -0.984. The second kappa shape index (κ2) is 3.75. The number of amides is 1. The monoisotopic (exact) mass is 221 g/mol. The number of rotatable bonds is 2. The number of carbonyl (C=O) groups excluding carboxylic acids is 1. The van der Waals surface area contributed by atoms with Crippen molar-refractivity contribution in [3.05, 3.63) is 22.5 Å². The Balaban J connectivity index is 3.41. The zero-order valence-corrected chi connectivity index (χ0v) is 7.55. The molecule has 0 fully saturated rings. The van der Waals surface area contributed by atoms with Crippen LogP contribution in [-0.2, 0) is 0 Å². The Labute approximate surface area is 82.9 Å². The van der Waals surface area contributed by atoms with Crippen molar-refractivity contribution in [1.82, 2.24) is 4.98 Å². The van der Waals surface area contributed by atoms with Crippen molar-refractivity contribution in [3.8, 4) is 0 Å². The third-order valence-electron chi connectivity index (χ3n) is 1.59. The van der Waals surface area contributed by atoms with Crippen LogP contribution >= 0.6 is 11.6 Å². The number of aromatic nitrogens is 1. The van der Waals surface area contributed by atoms with Crippen LogP contribution in [0, 0.1) is 0 Å². The molecule has 1 aromatic heterocycles. The summed E-state index contributed by atoms with van der Waals surface area (Å²) in [4.78, 5) is 14.2. The number of alkyl halides is 2. The molecule has 0 atom stereocenters. The minimum atomic E-state index is -2.82. The van der Waals surface area contributed by atoms with E-state index in [4.69, 9.17) is 23.1 Å². The lowest BCUT2D eigenvalue weighted by Crippen LogP contribution is -2.16. The van der Waals surface area contributed by atoms with Crippen LogP contribution in [0.3, 0.4) is 0 Å². The molecule has 0 unspecified atom stereocenters. The molecule has 1 amide bonds. The molecule has 4 N–H and O–H groups in total. The molecule has 0 aliphatic heterocycles. The van der Waals surface area contributed by atoms with Crippen LogP contribution in [0.1, 0.15) is 22.3 Å². The van der Waals surface area contributed by atoms with E-state index < -0.39 is 23.6 Å². The number of nitrogen functional groups attached to an aromatic ring is 1. The third kappa shape index (κ3) is 1.74. The van der Waals surface area contributed by atoms with Crippen LogP contribution in [0.15, 0.2) is 6.20 Å². The van der Waals surface area contributed by atoms with E-state index in [1.165, 1.54) is 0 Å². The highest BCUT2D eigenvalue weighted by atomic mass is 35.5. The van der Waals surface area contributed by atoms with Crippen LogP contribution in [0.4, 0.5) is 14.5 Å². The molecule has 76 valence electrons. The van der Waals surface area contributed by atoms with Gasteiger partial charge in [-0.3, -0.25) is 4.79 Å². The first-order valence-electron chi connectivity index (χ1n) is 3.47. The van der Waals surface area contributed by atoms with Gasteiger partial charge < -0.3 is 11.5 Å². The lowest BCUT2D eigenvalue weighted by atomic mass is 10.1. The average Bonchev–Trinajstić information content (AvgIpc) is 2.02. The van der Waals surface area contributed by atoms with Crippen molar-refractivity contribution >= 4 is 23.2 Å². The number of hydrogen-bond donors (Lipinski definition) is 2. The van der Waals surface area contributed by atoms with Gasteiger partial charge in [-0.1, -0.05) is 11.6 Å². The normalized spacial score (nSPS) is 10.6. The van der Waals surface area contributed by atoms with Crippen LogP contribution < -0.4 is 11.5 Å². The van der Waals surface area contributed by atoms with Gasteiger partial charge >= 0.3 is 0 Å². The summed E-state index contributed by atoms with van der Waals surface area (Å²) in [6.07, 6.45) is -2.01. The summed E-state index contributed by atoms with van der Waals surface area (Å²) in [5, 5.41) is -0.278. The van der Waals surface area contributed by atoms with Crippen molar-refractivity contribution in [2.45, 2.75) is 6.43 Å². The Morgan fingerprint density at radius 3 is 2.57 bits per heavy atom. The molecular weight excluding hydrogens is 216 g/mol. The van der Waals surface area contributed by atoms with Gasteiger partial charge in [-0.05, 0) is 0 Å². The number of carbonyl (C=O) groups is 1. The van der Waals surface area contributed by atoms with Crippen LogP contribution in [0.2, 0.25) is 5.15 Å². The van der Waals surface area contributed by atoms with Crippen LogP contribution in [0.25, 0.3) is 0 Å².